The van der Waals surface area contributed by atoms with Crippen molar-refractivity contribution in [2.75, 3.05) is 7.11 Å². The second-order valence-electron chi connectivity index (χ2n) is 6.23. The summed E-state index contributed by atoms with van der Waals surface area (Å²) < 4.78 is 12.1. The Hall–Kier alpha value is -4.01. The first-order valence-corrected chi connectivity index (χ1v) is 8.75. The highest BCUT2D eigenvalue weighted by atomic mass is 16.5. The number of esters is 1. The van der Waals surface area contributed by atoms with Gasteiger partial charge < -0.3 is 9.26 Å². The van der Waals surface area contributed by atoms with Crippen molar-refractivity contribution in [1.29, 1.82) is 0 Å². The monoisotopic (exact) mass is 392 g/mol. The number of benzene rings is 2. The fourth-order valence-electron chi connectivity index (χ4n) is 3.02. The minimum atomic E-state index is -0.668. The van der Waals surface area contributed by atoms with Crippen LogP contribution in [0.1, 0.15) is 5.89 Å². The van der Waals surface area contributed by atoms with Crippen molar-refractivity contribution >= 4 is 16.9 Å². The van der Waals surface area contributed by atoms with E-state index in [1.165, 1.54) is 11.7 Å². The lowest BCUT2D eigenvalue weighted by molar-refractivity contribution is -0.141. The molecule has 4 aromatic rings. The molecule has 0 radical (unpaired) electrons. The van der Waals surface area contributed by atoms with Gasteiger partial charge >= 0.3 is 11.7 Å². The van der Waals surface area contributed by atoms with Crippen molar-refractivity contribution in [2.45, 2.75) is 13.1 Å². The lowest BCUT2D eigenvalue weighted by atomic mass is 10.2. The van der Waals surface area contributed by atoms with Gasteiger partial charge in [0.2, 0.25) is 11.7 Å². The Bertz CT molecular complexity index is 1300. The van der Waals surface area contributed by atoms with Gasteiger partial charge in [0.1, 0.15) is 13.1 Å². The van der Waals surface area contributed by atoms with Crippen molar-refractivity contribution in [3.8, 4) is 11.4 Å². The van der Waals surface area contributed by atoms with Gasteiger partial charge in [0.25, 0.3) is 5.56 Å². The lowest BCUT2D eigenvalue weighted by Gasteiger charge is -2.12. The van der Waals surface area contributed by atoms with E-state index < -0.39 is 17.2 Å². The van der Waals surface area contributed by atoms with Crippen LogP contribution in [0.25, 0.3) is 22.3 Å². The number of carbonyl (C=O) groups is 1. The second-order valence-corrected chi connectivity index (χ2v) is 6.23. The zero-order valence-electron chi connectivity index (χ0n) is 15.4. The van der Waals surface area contributed by atoms with Crippen molar-refractivity contribution < 1.29 is 14.1 Å². The van der Waals surface area contributed by atoms with E-state index in [0.717, 1.165) is 10.1 Å². The predicted octanol–water partition coefficient (Wildman–Crippen LogP) is 1.43. The summed E-state index contributed by atoms with van der Waals surface area (Å²) in [6.07, 6.45) is 0. The first-order valence-electron chi connectivity index (χ1n) is 8.75. The van der Waals surface area contributed by atoms with Crippen LogP contribution in [0.2, 0.25) is 0 Å². The Morgan fingerprint density at radius 3 is 2.52 bits per heavy atom. The second kappa shape index (κ2) is 7.55. The van der Waals surface area contributed by atoms with E-state index in [1.54, 1.807) is 24.3 Å². The maximum atomic E-state index is 13.0. The van der Waals surface area contributed by atoms with Gasteiger partial charge in [0, 0.05) is 5.56 Å². The van der Waals surface area contributed by atoms with Crippen molar-refractivity contribution in [3.05, 3.63) is 81.3 Å². The fraction of sp³-hybridized carbons (Fsp3) is 0.150. The number of hydrogen-bond acceptors (Lipinski definition) is 7. The molecular weight excluding hydrogens is 376 g/mol. The molecule has 4 rings (SSSR count). The van der Waals surface area contributed by atoms with E-state index >= 15 is 0 Å². The number of carbonyl (C=O) groups excluding carboxylic acids is 1. The van der Waals surface area contributed by atoms with Crippen LogP contribution < -0.4 is 11.2 Å². The number of rotatable bonds is 5. The highest BCUT2D eigenvalue weighted by Crippen LogP contribution is 2.15. The average Bonchev–Trinajstić information content (AvgIpc) is 3.23. The Morgan fingerprint density at radius 2 is 1.76 bits per heavy atom. The molecule has 0 saturated carbocycles. The summed E-state index contributed by atoms with van der Waals surface area (Å²) in [6.45, 7) is -0.543. The molecule has 2 heterocycles. The highest BCUT2D eigenvalue weighted by Gasteiger charge is 2.18. The van der Waals surface area contributed by atoms with Crippen LogP contribution in [-0.4, -0.2) is 32.4 Å². The van der Waals surface area contributed by atoms with E-state index in [0.29, 0.717) is 16.7 Å². The Labute approximate surface area is 163 Å². The molecule has 29 heavy (non-hydrogen) atoms. The van der Waals surface area contributed by atoms with Crippen LogP contribution in [0.5, 0.6) is 0 Å². The molecule has 9 nitrogen and oxygen atoms in total. The van der Waals surface area contributed by atoms with Crippen LogP contribution >= 0.6 is 0 Å². The molecule has 0 atom stereocenters. The zero-order valence-corrected chi connectivity index (χ0v) is 15.4. The number of nitrogens with zero attached hydrogens (tertiary/aromatic N) is 4. The number of para-hydroxylation sites is 1. The number of ether oxygens (including phenoxy) is 1. The quantitative estimate of drug-likeness (QED) is 0.473. The summed E-state index contributed by atoms with van der Waals surface area (Å²) in [5, 5.41) is 4.19. The standard InChI is InChI=1S/C20H16N4O5/c1-28-17(25)12-23-15-10-6-5-9-14(15)19(26)24(20(23)27)11-16-21-18(22-29-16)13-7-3-2-4-8-13/h2-10H,11-12H2,1H3. The average molecular weight is 392 g/mol. The molecule has 9 heteroatoms. The SMILES string of the molecule is COC(=O)Cn1c(=O)n(Cc2nc(-c3ccccc3)no2)c(=O)c2ccccc21. The largest absolute Gasteiger partial charge is 0.468 e. The summed E-state index contributed by atoms with van der Waals surface area (Å²) in [5.74, 6) is -0.154. The number of aromatic nitrogens is 4. The molecule has 146 valence electrons. The molecule has 0 amide bonds. The number of hydrogen-bond donors (Lipinski definition) is 0. The summed E-state index contributed by atoms with van der Waals surface area (Å²) in [4.78, 5) is 41.9. The molecule has 0 aliphatic carbocycles. The molecule has 0 fully saturated rings. The number of methoxy groups -OCH3 is 1. The molecule has 0 N–H and O–H groups in total. The van der Waals surface area contributed by atoms with Gasteiger partial charge in [0.15, 0.2) is 0 Å². The van der Waals surface area contributed by atoms with Gasteiger partial charge in [-0.05, 0) is 12.1 Å². The molecular formula is C20H16N4O5. The third-order valence-electron chi connectivity index (χ3n) is 4.44. The molecule has 0 spiro atoms. The van der Waals surface area contributed by atoms with Crippen LogP contribution in [0.4, 0.5) is 0 Å². The summed E-state index contributed by atoms with van der Waals surface area (Å²) in [5.41, 5.74) is -0.0825. The Kier molecular flexibility index (Phi) is 4.78. The van der Waals surface area contributed by atoms with E-state index in [9.17, 15) is 14.4 Å². The van der Waals surface area contributed by atoms with Crippen LogP contribution in [-0.2, 0) is 22.6 Å². The third kappa shape index (κ3) is 3.45. The Balaban J connectivity index is 1.80. The first-order chi connectivity index (χ1) is 14.1. The smallest absolute Gasteiger partial charge is 0.332 e. The van der Waals surface area contributed by atoms with E-state index in [4.69, 9.17) is 4.52 Å². The van der Waals surface area contributed by atoms with Crippen LogP contribution in [0.3, 0.4) is 0 Å². The van der Waals surface area contributed by atoms with Gasteiger partial charge in [-0.2, -0.15) is 4.98 Å². The van der Waals surface area contributed by atoms with Crippen LogP contribution in [0, 0.1) is 0 Å². The Morgan fingerprint density at radius 1 is 1.03 bits per heavy atom. The van der Waals surface area contributed by atoms with Crippen molar-refractivity contribution in [2.24, 2.45) is 0 Å². The normalized spacial score (nSPS) is 10.9. The van der Waals surface area contributed by atoms with E-state index in [-0.39, 0.29) is 19.0 Å². The van der Waals surface area contributed by atoms with E-state index in [2.05, 4.69) is 14.9 Å². The van der Waals surface area contributed by atoms with Gasteiger partial charge in [-0.25, -0.2) is 4.79 Å². The third-order valence-corrected chi connectivity index (χ3v) is 4.44. The summed E-state index contributed by atoms with van der Waals surface area (Å²) >= 11 is 0. The molecule has 0 aliphatic heterocycles. The van der Waals surface area contributed by atoms with Crippen LogP contribution in [0.15, 0.2) is 68.7 Å². The summed E-state index contributed by atoms with van der Waals surface area (Å²) in [6, 6.07) is 15.7. The lowest BCUT2D eigenvalue weighted by Crippen LogP contribution is -2.41. The highest BCUT2D eigenvalue weighted by molar-refractivity contribution is 5.79. The fourth-order valence-corrected chi connectivity index (χ4v) is 3.02. The molecule has 0 unspecified atom stereocenters. The molecule has 0 saturated heterocycles. The minimum Gasteiger partial charge on any atom is -0.468 e. The van der Waals surface area contributed by atoms with Crippen molar-refractivity contribution in [1.82, 2.24) is 19.3 Å². The topological polar surface area (TPSA) is 109 Å². The molecule has 0 aliphatic rings. The van der Waals surface area contributed by atoms with Gasteiger partial charge in [0.05, 0.1) is 18.0 Å². The van der Waals surface area contributed by atoms with E-state index in [1.807, 2.05) is 30.3 Å². The first kappa shape index (κ1) is 18.4. The number of fused-ring (bicyclic) bond motifs is 1. The molecule has 2 aromatic heterocycles. The maximum Gasteiger partial charge on any atom is 0.332 e. The minimum absolute atomic E-state index is 0.1000. The van der Waals surface area contributed by atoms with Gasteiger partial charge in [-0.1, -0.05) is 47.6 Å². The van der Waals surface area contributed by atoms with Gasteiger partial charge in [-0.15, -0.1) is 0 Å². The maximum absolute atomic E-state index is 13.0. The zero-order chi connectivity index (χ0) is 20.4. The van der Waals surface area contributed by atoms with Crippen molar-refractivity contribution in [3.63, 3.8) is 0 Å². The summed E-state index contributed by atoms with van der Waals surface area (Å²) in [7, 11) is 1.23. The predicted molar refractivity (Wildman–Crippen MR) is 103 cm³/mol. The molecule has 2 aromatic carbocycles. The van der Waals surface area contributed by atoms with Gasteiger partial charge in [-0.3, -0.25) is 18.7 Å². The molecule has 0 bridgehead atoms.